The van der Waals surface area contributed by atoms with Crippen LogP contribution in [0.4, 0.5) is 4.39 Å². The van der Waals surface area contributed by atoms with E-state index in [1.165, 1.54) is 29.5 Å². The molecule has 0 spiro atoms. The first-order valence-corrected chi connectivity index (χ1v) is 11.9. The lowest BCUT2D eigenvalue weighted by atomic mass is 10.1. The summed E-state index contributed by atoms with van der Waals surface area (Å²) >= 11 is 1.31. The minimum atomic E-state index is -0.456. The van der Waals surface area contributed by atoms with Crippen molar-refractivity contribution in [3.63, 3.8) is 0 Å². The Bertz CT molecular complexity index is 1230. The first-order chi connectivity index (χ1) is 16.5. The van der Waals surface area contributed by atoms with Crippen LogP contribution in [0.5, 0.6) is 5.75 Å². The number of aromatic nitrogens is 3. The van der Waals surface area contributed by atoms with Crippen LogP contribution in [0.25, 0.3) is 5.69 Å². The van der Waals surface area contributed by atoms with Gasteiger partial charge in [-0.25, -0.2) is 4.39 Å². The van der Waals surface area contributed by atoms with E-state index in [1.54, 1.807) is 12.1 Å². The third-order valence-corrected chi connectivity index (χ3v) is 6.03. The average Bonchev–Trinajstić information content (AvgIpc) is 3.28. The fraction of sp³-hybridized carbons (Fsp3) is 0.192. The van der Waals surface area contributed by atoms with Crippen molar-refractivity contribution in [2.45, 2.75) is 31.7 Å². The molecule has 6 nitrogen and oxygen atoms in total. The van der Waals surface area contributed by atoms with Crippen molar-refractivity contribution in [2.75, 3.05) is 5.75 Å². The summed E-state index contributed by atoms with van der Waals surface area (Å²) in [5.41, 5.74) is 3.09. The Labute approximate surface area is 202 Å². The zero-order chi connectivity index (χ0) is 23.9. The van der Waals surface area contributed by atoms with Gasteiger partial charge in [-0.3, -0.25) is 9.36 Å². The Morgan fingerprint density at radius 2 is 1.74 bits per heavy atom. The zero-order valence-electron chi connectivity index (χ0n) is 18.9. The summed E-state index contributed by atoms with van der Waals surface area (Å²) in [7, 11) is 0. The van der Waals surface area contributed by atoms with Crippen LogP contribution in [0.1, 0.15) is 30.0 Å². The van der Waals surface area contributed by atoms with E-state index in [2.05, 4.69) is 15.5 Å². The van der Waals surface area contributed by atoms with Crippen LogP contribution >= 0.6 is 11.8 Å². The van der Waals surface area contributed by atoms with E-state index in [0.29, 0.717) is 23.3 Å². The number of carbonyl (C=O) groups is 1. The highest BCUT2D eigenvalue weighted by Gasteiger charge is 2.21. The number of amides is 1. The van der Waals surface area contributed by atoms with E-state index in [-0.39, 0.29) is 17.5 Å². The van der Waals surface area contributed by atoms with Crippen molar-refractivity contribution in [2.24, 2.45) is 0 Å². The number of halogens is 1. The van der Waals surface area contributed by atoms with E-state index in [1.807, 2.05) is 73.0 Å². The smallest absolute Gasteiger partial charge is 0.230 e. The normalized spacial score (nSPS) is 11.7. The summed E-state index contributed by atoms with van der Waals surface area (Å²) in [5, 5.41) is 12.2. The molecular formula is C26H25FN4O2S. The molecule has 34 heavy (non-hydrogen) atoms. The molecule has 1 heterocycles. The second-order valence-electron chi connectivity index (χ2n) is 7.78. The third-order valence-electron chi connectivity index (χ3n) is 5.11. The molecular weight excluding hydrogens is 451 g/mol. The Hall–Kier alpha value is -3.65. The van der Waals surface area contributed by atoms with Crippen LogP contribution < -0.4 is 10.1 Å². The molecule has 4 aromatic rings. The second-order valence-corrected chi connectivity index (χ2v) is 8.72. The molecule has 8 heteroatoms. The van der Waals surface area contributed by atoms with Gasteiger partial charge in [0.15, 0.2) is 17.1 Å². The van der Waals surface area contributed by atoms with Gasteiger partial charge >= 0.3 is 0 Å². The van der Waals surface area contributed by atoms with Crippen molar-refractivity contribution in [3.8, 4) is 11.4 Å². The minimum Gasteiger partial charge on any atom is -0.483 e. The molecule has 1 atom stereocenters. The van der Waals surface area contributed by atoms with Gasteiger partial charge < -0.3 is 10.1 Å². The Morgan fingerprint density at radius 1 is 1.03 bits per heavy atom. The highest BCUT2D eigenvalue weighted by Crippen LogP contribution is 2.28. The summed E-state index contributed by atoms with van der Waals surface area (Å²) in [6.07, 6.45) is -0.456. The Morgan fingerprint density at radius 3 is 2.44 bits per heavy atom. The predicted octanol–water partition coefficient (Wildman–Crippen LogP) is 5.26. The Balaban J connectivity index is 1.47. The van der Waals surface area contributed by atoms with Crippen LogP contribution in [0.3, 0.4) is 0 Å². The molecule has 3 aromatic carbocycles. The SMILES string of the molecule is Cc1ccc(CNC(=O)CSc2nnc(C(C)Oc3ccc(F)cc3)n2-c2ccccc2)cc1. The van der Waals surface area contributed by atoms with Crippen LogP contribution in [0, 0.1) is 12.7 Å². The van der Waals surface area contributed by atoms with Crippen molar-refractivity contribution >= 4 is 17.7 Å². The summed E-state index contributed by atoms with van der Waals surface area (Å²) < 4.78 is 21.1. The van der Waals surface area contributed by atoms with Crippen LogP contribution in [-0.2, 0) is 11.3 Å². The number of benzene rings is 3. The van der Waals surface area contributed by atoms with Crippen molar-refractivity contribution < 1.29 is 13.9 Å². The highest BCUT2D eigenvalue weighted by molar-refractivity contribution is 7.99. The third kappa shape index (κ3) is 6.02. The number of para-hydroxylation sites is 1. The van der Waals surface area contributed by atoms with Crippen LogP contribution in [0.2, 0.25) is 0 Å². The number of aryl methyl sites for hydroxylation is 1. The number of hydrogen-bond acceptors (Lipinski definition) is 5. The summed E-state index contributed by atoms with van der Waals surface area (Å²) in [5.74, 6) is 0.890. The number of rotatable bonds is 9. The minimum absolute atomic E-state index is 0.0923. The molecule has 1 N–H and O–H groups in total. The molecule has 0 bridgehead atoms. The molecule has 0 saturated heterocycles. The maximum Gasteiger partial charge on any atom is 0.230 e. The predicted molar refractivity (Wildman–Crippen MR) is 131 cm³/mol. The van der Waals surface area contributed by atoms with E-state index in [4.69, 9.17) is 4.74 Å². The number of ether oxygens (including phenoxy) is 1. The van der Waals surface area contributed by atoms with Gasteiger partial charge in [-0.05, 0) is 55.8 Å². The van der Waals surface area contributed by atoms with Crippen LogP contribution in [-0.4, -0.2) is 26.4 Å². The number of nitrogens with zero attached hydrogens (tertiary/aromatic N) is 3. The molecule has 1 amide bonds. The van der Waals surface area contributed by atoms with E-state index in [0.717, 1.165) is 11.3 Å². The molecule has 0 saturated carbocycles. The van der Waals surface area contributed by atoms with Crippen molar-refractivity contribution in [3.05, 3.63) is 102 Å². The number of thioether (sulfide) groups is 1. The van der Waals surface area contributed by atoms with Gasteiger partial charge in [0.25, 0.3) is 0 Å². The van der Waals surface area contributed by atoms with Gasteiger partial charge in [-0.15, -0.1) is 10.2 Å². The Kier molecular flexibility index (Phi) is 7.59. The molecule has 1 aromatic heterocycles. The maximum atomic E-state index is 13.2. The zero-order valence-corrected chi connectivity index (χ0v) is 19.8. The van der Waals surface area contributed by atoms with Gasteiger partial charge in [0.05, 0.1) is 5.75 Å². The number of carbonyl (C=O) groups excluding carboxylic acids is 1. The van der Waals surface area contributed by atoms with E-state index < -0.39 is 6.10 Å². The van der Waals surface area contributed by atoms with Crippen LogP contribution in [0.15, 0.2) is 84.0 Å². The monoisotopic (exact) mass is 476 g/mol. The van der Waals surface area contributed by atoms with Gasteiger partial charge in [-0.2, -0.15) is 0 Å². The molecule has 4 rings (SSSR count). The second kappa shape index (κ2) is 11.0. The molecule has 0 radical (unpaired) electrons. The van der Waals surface area contributed by atoms with Gasteiger partial charge in [0.2, 0.25) is 5.91 Å². The first kappa shape index (κ1) is 23.5. The highest BCUT2D eigenvalue weighted by atomic mass is 32.2. The lowest BCUT2D eigenvalue weighted by Gasteiger charge is -2.16. The quantitative estimate of drug-likeness (QED) is 0.334. The van der Waals surface area contributed by atoms with Gasteiger partial charge in [0, 0.05) is 12.2 Å². The fourth-order valence-corrected chi connectivity index (χ4v) is 4.10. The lowest BCUT2D eigenvalue weighted by Crippen LogP contribution is -2.24. The summed E-state index contributed by atoms with van der Waals surface area (Å²) in [6.45, 7) is 4.36. The standard InChI is InChI=1S/C26H25FN4O2S/c1-18-8-10-20(11-9-18)16-28-24(32)17-34-26-30-29-25(31(26)22-6-4-3-5-7-22)19(2)33-23-14-12-21(27)13-15-23/h3-15,19H,16-17H2,1-2H3,(H,28,32). The summed E-state index contributed by atoms with van der Waals surface area (Å²) in [4.78, 5) is 12.5. The maximum absolute atomic E-state index is 13.2. The fourth-order valence-electron chi connectivity index (χ4n) is 3.32. The first-order valence-electron chi connectivity index (χ1n) is 10.9. The molecule has 0 aliphatic carbocycles. The lowest BCUT2D eigenvalue weighted by molar-refractivity contribution is -0.118. The summed E-state index contributed by atoms with van der Waals surface area (Å²) in [6, 6.07) is 23.6. The molecule has 0 aliphatic heterocycles. The molecule has 0 fully saturated rings. The van der Waals surface area contributed by atoms with Crippen molar-refractivity contribution in [1.82, 2.24) is 20.1 Å². The molecule has 1 unspecified atom stereocenters. The molecule has 0 aliphatic rings. The number of hydrogen-bond donors (Lipinski definition) is 1. The van der Waals surface area contributed by atoms with E-state index >= 15 is 0 Å². The largest absolute Gasteiger partial charge is 0.483 e. The number of nitrogens with one attached hydrogen (secondary N) is 1. The van der Waals surface area contributed by atoms with Gasteiger partial charge in [-0.1, -0.05) is 59.8 Å². The van der Waals surface area contributed by atoms with E-state index in [9.17, 15) is 9.18 Å². The average molecular weight is 477 g/mol. The van der Waals surface area contributed by atoms with Gasteiger partial charge in [0.1, 0.15) is 11.6 Å². The molecule has 174 valence electrons. The topological polar surface area (TPSA) is 69.0 Å². The van der Waals surface area contributed by atoms with Crippen molar-refractivity contribution in [1.29, 1.82) is 0 Å².